The molecule has 1 aromatic carbocycles. The molecular formula is C23H20FN5OS. The van der Waals surface area contributed by atoms with Crippen molar-refractivity contribution in [3.05, 3.63) is 70.6 Å². The highest BCUT2D eigenvalue weighted by atomic mass is 32.1. The van der Waals surface area contributed by atoms with Gasteiger partial charge in [-0.15, -0.1) is 11.3 Å². The monoisotopic (exact) mass is 433 g/mol. The highest BCUT2D eigenvalue weighted by Crippen LogP contribution is 2.40. The van der Waals surface area contributed by atoms with Crippen LogP contribution in [-0.4, -0.2) is 20.9 Å². The molecule has 5 rings (SSSR count). The van der Waals surface area contributed by atoms with E-state index in [1.54, 1.807) is 35.9 Å². The fraction of sp³-hybridized carbons (Fsp3) is 0.217. The molecule has 3 N–H and O–H groups in total. The topological polar surface area (TPSA) is 93.8 Å². The molecule has 8 heteroatoms. The van der Waals surface area contributed by atoms with Crippen molar-refractivity contribution in [2.45, 2.75) is 31.7 Å². The number of anilines is 1. The average molecular weight is 434 g/mol. The Hall–Kier alpha value is -3.39. The molecule has 0 spiro atoms. The van der Waals surface area contributed by atoms with E-state index in [4.69, 9.17) is 15.7 Å². The maximum Gasteiger partial charge on any atom is 0.244 e. The second-order valence-electron chi connectivity index (χ2n) is 7.56. The third-order valence-corrected chi connectivity index (χ3v) is 6.69. The molecule has 4 aromatic rings. The van der Waals surface area contributed by atoms with Crippen LogP contribution < -0.4 is 11.1 Å². The van der Waals surface area contributed by atoms with Gasteiger partial charge in [-0.1, -0.05) is 12.1 Å². The number of aromatic nitrogens is 3. The number of nitrogens with zero attached hydrogens (tertiary/aromatic N) is 3. The fourth-order valence-electron chi connectivity index (χ4n) is 4.00. The van der Waals surface area contributed by atoms with Crippen LogP contribution in [0.25, 0.3) is 21.6 Å². The van der Waals surface area contributed by atoms with Crippen molar-refractivity contribution in [1.82, 2.24) is 15.0 Å². The van der Waals surface area contributed by atoms with E-state index >= 15 is 0 Å². The van der Waals surface area contributed by atoms with Gasteiger partial charge >= 0.3 is 0 Å². The second-order valence-corrected chi connectivity index (χ2v) is 8.64. The van der Waals surface area contributed by atoms with Crippen molar-refractivity contribution >= 4 is 33.3 Å². The Balaban J connectivity index is 1.67. The van der Waals surface area contributed by atoms with Crippen molar-refractivity contribution in [2.24, 2.45) is 5.73 Å². The summed E-state index contributed by atoms with van der Waals surface area (Å²) >= 11 is 1.68. The quantitative estimate of drug-likeness (QED) is 0.486. The number of benzene rings is 1. The van der Waals surface area contributed by atoms with Gasteiger partial charge in [0.05, 0.1) is 5.39 Å². The number of halogens is 1. The molecule has 31 heavy (non-hydrogen) atoms. The summed E-state index contributed by atoms with van der Waals surface area (Å²) in [7, 11) is 0. The van der Waals surface area contributed by atoms with E-state index in [2.05, 4.69) is 10.3 Å². The minimum Gasteiger partial charge on any atom is -0.368 e. The summed E-state index contributed by atoms with van der Waals surface area (Å²) in [5.74, 6) is 0.160. The maximum absolute atomic E-state index is 13.4. The molecule has 0 aliphatic heterocycles. The number of carbonyl (C=O) groups excluding carboxylic acids is 1. The Morgan fingerprint density at radius 3 is 2.68 bits per heavy atom. The van der Waals surface area contributed by atoms with E-state index in [1.807, 2.05) is 12.1 Å². The van der Waals surface area contributed by atoms with E-state index in [1.165, 1.54) is 22.6 Å². The molecule has 1 amide bonds. The molecule has 0 saturated carbocycles. The lowest BCUT2D eigenvalue weighted by Gasteiger charge is -2.19. The van der Waals surface area contributed by atoms with Crippen LogP contribution in [0.2, 0.25) is 0 Å². The van der Waals surface area contributed by atoms with Gasteiger partial charge in [0.2, 0.25) is 5.91 Å². The van der Waals surface area contributed by atoms with Gasteiger partial charge in [-0.25, -0.2) is 14.4 Å². The van der Waals surface area contributed by atoms with Crippen LogP contribution in [0.15, 0.2) is 48.8 Å². The molecule has 1 aliphatic carbocycles. The first kappa shape index (κ1) is 19.6. The van der Waals surface area contributed by atoms with Crippen molar-refractivity contribution in [1.29, 1.82) is 0 Å². The number of primary amides is 1. The summed E-state index contributed by atoms with van der Waals surface area (Å²) in [6.45, 7) is 0. The summed E-state index contributed by atoms with van der Waals surface area (Å²) < 4.78 is 13.4. The van der Waals surface area contributed by atoms with Crippen molar-refractivity contribution < 1.29 is 9.18 Å². The third-order valence-electron chi connectivity index (χ3n) is 5.50. The lowest BCUT2D eigenvalue weighted by atomic mass is 9.96. The summed E-state index contributed by atoms with van der Waals surface area (Å²) in [6, 6.07) is 8.63. The van der Waals surface area contributed by atoms with Crippen LogP contribution in [0.3, 0.4) is 0 Å². The van der Waals surface area contributed by atoms with E-state index in [0.29, 0.717) is 17.2 Å². The fourth-order valence-corrected chi connectivity index (χ4v) is 5.26. The smallest absolute Gasteiger partial charge is 0.244 e. The van der Waals surface area contributed by atoms with Crippen LogP contribution >= 0.6 is 11.3 Å². The Morgan fingerprint density at radius 2 is 1.94 bits per heavy atom. The zero-order chi connectivity index (χ0) is 21.4. The molecular weight excluding hydrogens is 413 g/mol. The van der Waals surface area contributed by atoms with Gasteiger partial charge in [-0.2, -0.15) is 0 Å². The molecule has 156 valence electrons. The molecule has 0 radical (unpaired) electrons. The third kappa shape index (κ3) is 3.74. The predicted molar refractivity (Wildman–Crippen MR) is 119 cm³/mol. The number of aryl methyl sites for hydroxylation is 2. The van der Waals surface area contributed by atoms with Gasteiger partial charge in [0.25, 0.3) is 0 Å². The predicted octanol–water partition coefficient (Wildman–Crippen LogP) is 4.41. The molecule has 1 aliphatic rings. The number of pyridine rings is 1. The number of nitrogens with two attached hydrogens (primary N) is 1. The van der Waals surface area contributed by atoms with Crippen LogP contribution in [0.1, 0.15) is 34.9 Å². The lowest BCUT2D eigenvalue weighted by molar-refractivity contribution is -0.118. The SMILES string of the molecule is NC(=O)C(Nc1nc(-c2cccnc2)nc2sc3c(c12)CCCC3)c1ccc(F)cc1. The minimum atomic E-state index is -0.848. The van der Waals surface area contributed by atoms with Crippen LogP contribution in [0.4, 0.5) is 10.2 Å². The van der Waals surface area contributed by atoms with E-state index < -0.39 is 11.9 Å². The average Bonchev–Trinajstić information content (AvgIpc) is 3.17. The number of hydrogen-bond acceptors (Lipinski definition) is 6. The molecule has 3 aromatic heterocycles. The van der Waals surface area contributed by atoms with Crippen molar-refractivity contribution in [2.75, 3.05) is 5.32 Å². The van der Waals surface area contributed by atoms with Gasteiger partial charge in [-0.05, 0) is 61.1 Å². The molecule has 0 bridgehead atoms. The Labute approximate surface area is 182 Å². The first-order chi connectivity index (χ1) is 15.1. The van der Waals surface area contributed by atoms with Crippen molar-refractivity contribution in [3.63, 3.8) is 0 Å². The summed E-state index contributed by atoms with van der Waals surface area (Å²) in [5, 5.41) is 4.19. The van der Waals surface area contributed by atoms with Gasteiger partial charge < -0.3 is 11.1 Å². The van der Waals surface area contributed by atoms with Crippen LogP contribution in [0.5, 0.6) is 0 Å². The first-order valence-corrected chi connectivity index (χ1v) is 11.0. The number of hydrogen-bond donors (Lipinski definition) is 2. The van der Waals surface area contributed by atoms with Crippen molar-refractivity contribution in [3.8, 4) is 11.4 Å². The number of thiophene rings is 1. The maximum atomic E-state index is 13.4. The second kappa shape index (κ2) is 8.03. The molecule has 1 atom stereocenters. The summed E-state index contributed by atoms with van der Waals surface area (Å²) in [5.41, 5.74) is 8.32. The summed E-state index contributed by atoms with van der Waals surface area (Å²) in [4.78, 5) is 28.3. The minimum absolute atomic E-state index is 0.373. The van der Waals surface area contributed by atoms with Gasteiger partial charge in [0.15, 0.2) is 5.82 Å². The Kier molecular flexibility index (Phi) is 5.07. The van der Waals surface area contributed by atoms with Gasteiger partial charge in [0.1, 0.15) is 22.5 Å². The first-order valence-electron chi connectivity index (χ1n) is 10.1. The molecule has 3 heterocycles. The van der Waals surface area contributed by atoms with Gasteiger partial charge in [-0.3, -0.25) is 9.78 Å². The van der Waals surface area contributed by atoms with E-state index in [9.17, 15) is 9.18 Å². The molecule has 1 unspecified atom stereocenters. The van der Waals surface area contributed by atoms with Crippen LogP contribution in [0, 0.1) is 5.82 Å². The summed E-state index contributed by atoms with van der Waals surface area (Å²) in [6.07, 6.45) is 7.66. The molecule has 6 nitrogen and oxygen atoms in total. The Bertz CT molecular complexity index is 1260. The number of nitrogens with one attached hydrogen (secondary N) is 1. The highest BCUT2D eigenvalue weighted by Gasteiger charge is 2.25. The number of carbonyl (C=O) groups is 1. The van der Waals surface area contributed by atoms with Gasteiger partial charge in [0, 0.05) is 22.8 Å². The number of fused-ring (bicyclic) bond motifs is 3. The highest BCUT2D eigenvalue weighted by molar-refractivity contribution is 7.19. The zero-order valence-electron chi connectivity index (χ0n) is 16.6. The molecule has 0 fully saturated rings. The van der Waals surface area contributed by atoms with Crippen LogP contribution in [-0.2, 0) is 17.6 Å². The zero-order valence-corrected chi connectivity index (χ0v) is 17.5. The lowest BCUT2D eigenvalue weighted by Crippen LogP contribution is -2.28. The largest absolute Gasteiger partial charge is 0.368 e. The number of rotatable bonds is 5. The van der Waals surface area contributed by atoms with E-state index in [-0.39, 0.29) is 5.82 Å². The van der Waals surface area contributed by atoms with E-state index in [0.717, 1.165) is 41.5 Å². The Morgan fingerprint density at radius 1 is 1.13 bits per heavy atom. The standard InChI is InChI=1S/C23H20FN5OS/c24-15-9-7-13(8-10-15)19(20(25)30)27-22-18-16-5-1-2-6-17(16)31-23(18)29-21(28-22)14-4-3-11-26-12-14/h3-4,7-12,19H,1-2,5-6H2,(H2,25,30)(H,27,28,29). The number of amides is 1. The normalized spacial score (nSPS) is 14.2. The molecule has 0 saturated heterocycles.